The van der Waals surface area contributed by atoms with E-state index in [9.17, 15) is 4.79 Å². The van der Waals surface area contributed by atoms with Crippen LogP contribution in [0.5, 0.6) is 0 Å². The average molecular weight is 346 g/mol. The van der Waals surface area contributed by atoms with Crippen LogP contribution >= 0.6 is 38.9 Å². The van der Waals surface area contributed by atoms with Gasteiger partial charge in [0.15, 0.2) is 0 Å². The minimum Gasteiger partial charge on any atom is -0.346 e. The summed E-state index contributed by atoms with van der Waals surface area (Å²) in [5.41, 5.74) is 1.31. The average Bonchev–Trinajstić information content (AvgIpc) is 2.75. The van der Waals surface area contributed by atoms with Crippen molar-refractivity contribution in [1.29, 1.82) is 0 Å². The van der Waals surface area contributed by atoms with Gasteiger partial charge in [0.2, 0.25) is 0 Å². The number of halogens is 2. The monoisotopic (exact) mass is 344 g/mol. The quantitative estimate of drug-likeness (QED) is 0.919. The minimum atomic E-state index is -0.202. The Morgan fingerprint density at radius 1 is 1.56 bits per heavy atom. The second-order valence-electron chi connectivity index (χ2n) is 3.66. The maximum absolute atomic E-state index is 12.0. The molecule has 0 aliphatic carbocycles. The molecule has 0 atom stereocenters. The normalized spacial score (nSPS) is 10.4. The van der Waals surface area contributed by atoms with Gasteiger partial charge in [-0.1, -0.05) is 27.5 Å². The molecule has 0 saturated carbocycles. The van der Waals surface area contributed by atoms with Crippen LogP contribution < -0.4 is 5.32 Å². The van der Waals surface area contributed by atoms with Crippen molar-refractivity contribution in [2.75, 3.05) is 0 Å². The number of rotatable bonds is 3. The lowest BCUT2D eigenvalue weighted by atomic mass is 10.2. The summed E-state index contributed by atoms with van der Waals surface area (Å²) < 4.78 is 0.821. The number of aryl methyl sites for hydroxylation is 1. The maximum atomic E-state index is 12.0. The SMILES string of the molecule is Cc1nc(CNC(=O)c2cc(Br)ccc2Cl)cs1. The van der Waals surface area contributed by atoms with Crippen LogP contribution in [0.25, 0.3) is 0 Å². The van der Waals surface area contributed by atoms with Gasteiger partial charge in [-0.25, -0.2) is 4.98 Å². The summed E-state index contributed by atoms with van der Waals surface area (Å²) in [5, 5.41) is 6.15. The first kappa shape index (κ1) is 13.5. The Labute approximate surface area is 122 Å². The summed E-state index contributed by atoms with van der Waals surface area (Å²) in [4.78, 5) is 16.2. The largest absolute Gasteiger partial charge is 0.346 e. The number of hydrogen-bond donors (Lipinski definition) is 1. The van der Waals surface area contributed by atoms with Crippen molar-refractivity contribution in [1.82, 2.24) is 10.3 Å². The number of benzene rings is 1. The highest BCUT2D eigenvalue weighted by Gasteiger charge is 2.11. The molecule has 1 amide bonds. The number of carbonyl (C=O) groups is 1. The van der Waals surface area contributed by atoms with Crippen molar-refractivity contribution in [3.05, 3.63) is 49.3 Å². The van der Waals surface area contributed by atoms with Crippen LogP contribution in [0.3, 0.4) is 0 Å². The Morgan fingerprint density at radius 3 is 3.00 bits per heavy atom. The molecule has 6 heteroatoms. The second kappa shape index (κ2) is 5.82. The number of carbonyl (C=O) groups excluding carboxylic acids is 1. The van der Waals surface area contributed by atoms with Gasteiger partial charge < -0.3 is 5.32 Å². The summed E-state index contributed by atoms with van der Waals surface area (Å²) in [5.74, 6) is -0.202. The van der Waals surface area contributed by atoms with Crippen molar-refractivity contribution in [2.45, 2.75) is 13.5 Å². The van der Waals surface area contributed by atoms with E-state index >= 15 is 0 Å². The van der Waals surface area contributed by atoms with Crippen LogP contribution in [0.2, 0.25) is 5.02 Å². The number of nitrogens with one attached hydrogen (secondary N) is 1. The van der Waals surface area contributed by atoms with E-state index < -0.39 is 0 Å². The number of amides is 1. The third kappa shape index (κ3) is 3.31. The van der Waals surface area contributed by atoms with Crippen LogP contribution in [0.15, 0.2) is 28.1 Å². The summed E-state index contributed by atoms with van der Waals surface area (Å²) >= 11 is 10.9. The zero-order chi connectivity index (χ0) is 13.1. The zero-order valence-electron chi connectivity index (χ0n) is 9.54. The van der Waals surface area contributed by atoms with Gasteiger partial charge in [0.1, 0.15) is 0 Å². The van der Waals surface area contributed by atoms with E-state index in [0.29, 0.717) is 17.1 Å². The fourth-order valence-electron chi connectivity index (χ4n) is 1.43. The molecule has 1 N–H and O–H groups in total. The van der Waals surface area contributed by atoms with E-state index in [1.54, 1.807) is 29.5 Å². The molecule has 0 radical (unpaired) electrons. The van der Waals surface area contributed by atoms with Crippen molar-refractivity contribution in [3.63, 3.8) is 0 Å². The summed E-state index contributed by atoms with van der Waals surface area (Å²) in [6, 6.07) is 5.18. The molecule has 0 bridgehead atoms. The van der Waals surface area contributed by atoms with E-state index in [0.717, 1.165) is 15.2 Å². The lowest BCUT2D eigenvalue weighted by molar-refractivity contribution is 0.0950. The zero-order valence-corrected chi connectivity index (χ0v) is 12.7. The first-order valence-corrected chi connectivity index (χ1v) is 7.25. The number of aromatic nitrogens is 1. The highest BCUT2D eigenvalue weighted by molar-refractivity contribution is 9.10. The molecule has 3 nitrogen and oxygen atoms in total. The molecule has 18 heavy (non-hydrogen) atoms. The Balaban J connectivity index is 2.05. The van der Waals surface area contributed by atoms with Gasteiger partial charge in [0.25, 0.3) is 5.91 Å². The molecule has 94 valence electrons. The Bertz CT molecular complexity index is 585. The molecule has 0 spiro atoms. The molecule has 0 aliphatic rings. The topological polar surface area (TPSA) is 42.0 Å². The third-order valence-corrected chi connectivity index (χ3v) is 3.91. The van der Waals surface area contributed by atoms with E-state index in [1.165, 1.54) is 0 Å². The number of hydrogen-bond acceptors (Lipinski definition) is 3. The maximum Gasteiger partial charge on any atom is 0.253 e. The second-order valence-corrected chi connectivity index (χ2v) is 6.05. The van der Waals surface area contributed by atoms with Crippen molar-refractivity contribution in [2.24, 2.45) is 0 Å². The first-order chi connectivity index (χ1) is 8.56. The fraction of sp³-hybridized carbons (Fsp3) is 0.167. The summed E-state index contributed by atoms with van der Waals surface area (Å²) in [6.07, 6.45) is 0. The van der Waals surface area contributed by atoms with E-state index in [4.69, 9.17) is 11.6 Å². The summed E-state index contributed by atoms with van der Waals surface area (Å²) in [6.45, 7) is 2.34. The van der Waals surface area contributed by atoms with Crippen molar-refractivity contribution < 1.29 is 4.79 Å². The van der Waals surface area contributed by atoms with Gasteiger partial charge in [-0.2, -0.15) is 0 Å². The molecule has 1 aromatic carbocycles. The lowest BCUT2D eigenvalue weighted by Gasteiger charge is -2.05. The molecule has 1 heterocycles. The highest BCUT2D eigenvalue weighted by atomic mass is 79.9. The van der Waals surface area contributed by atoms with Crippen LogP contribution in [0.4, 0.5) is 0 Å². The van der Waals surface area contributed by atoms with Crippen LogP contribution in [-0.4, -0.2) is 10.9 Å². The van der Waals surface area contributed by atoms with Gasteiger partial charge in [-0.3, -0.25) is 4.79 Å². The van der Waals surface area contributed by atoms with Gasteiger partial charge in [-0.15, -0.1) is 11.3 Å². The van der Waals surface area contributed by atoms with E-state index in [2.05, 4.69) is 26.2 Å². The molecule has 2 rings (SSSR count). The Kier molecular flexibility index (Phi) is 4.37. The molecular formula is C12H10BrClN2OS. The molecular weight excluding hydrogens is 336 g/mol. The molecule has 1 aromatic heterocycles. The predicted molar refractivity (Wildman–Crippen MR) is 77.2 cm³/mol. The number of nitrogens with zero attached hydrogens (tertiary/aromatic N) is 1. The van der Waals surface area contributed by atoms with E-state index in [-0.39, 0.29) is 5.91 Å². The van der Waals surface area contributed by atoms with Crippen LogP contribution in [-0.2, 0) is 6.54 Å². The Morgan fingerprint density at radius 2 is 2.33 bits per heavy atom. The van der Waals surface area contributed by atoms with Crippen LogP contribution in [0, 0.1) is 6.92 Å². The Hall–Kier alpha value is -0.910. The summed E-state index contributed by atoms with van der Waals surface area (Å²) in [7, 11) is 0. The molecule has 0 fully saturated rings. The van der Waals surface area contributed by atoms with Gasteiger partial charge in [0, 0.05) is 9.85 Å². The third-order valence-electron chi connectivity index (χ3n) is 2.27. The molecule has 0 aliphatic heterocycles. The van der Waals surface area contributed by atoms with Crippen LogP contribution in [0.1, 0.15) is 21.1 Å². The van der Waals surface area contributed by atoms with Gasteiger partial charge in [0.05, 0.1) is 27.8 Å². The first-order valence-electron chi connectivity index (χ1n) is 5.20. The molecule has 2 aromatic rings. The van der Waals surface area contributed by atoms with Gasteiger partial charge in [-0.05, 0) is 25.1 Å². The fourth-order valence-corrected chi connectivity index (χ4v) is 2.60. The molecule has 0 saturated heterocycles. The minimum absolute atomic E-state index is 0.202. The lowest BCUT2D eigenvalue weighted by Crippen LogP contribution is -2.23. The highest BCUT2D eigenvalue weighted by Crippen LogP contribution is 2.21. The van der Waals surface area contributed by atoms with E-state index in [1.807, 2.05) is 12.3 Å². The molecule has 0 unspecified atom stereocenters. The number of thiazole rings is 1. The standard InChI is InChI=1S/C12H10BrClN2OS/c1-7-16-9(6-18-7)5-15-12(17)10-4-8(13)2-3-11(10)14/h2-4,6H,5H2,1H3,(H,15,17). The predicted octanol–water partition coefficient (Wildman–Crippen LogP) is 3.80. The van der Waals surface area contributed by atoms with Crippen molar-refractivity contribution in [3.8, 4) is 0 Å². The smallest absolute Gasteiger partial charge is 0.253 e. The van der Waals surface area contributed by atoms with Gasteiger partial charge >= 0.3 is 0 Å². The van der Waals surface area contributed by atoms with Crippen molar-refractivity contribution >= 4 is 44.8 Å².